The predicted octanol–water partition coefficient (Wildman–Crippen LogP) is 5.67. The monoisotopic (exact) mass is 526 g/mol. The van der Waals surface area contributed by atoms with Crippen LogP contribution in [0.1, 0.15) is 49.7 Å². The molecule has 2 aliphatic carbocycles. The fraction of sp³-hybridized carbons (Fsp3) is 0.500. The molecule has 1 unspecified atom stereocenters. The summed E-state index contributed by atoms with van der Waals surface area (Å²) in [6, 6.07) is 15.5. The van der Waals surface area contributed by atoms with E-state index >= 15 is 0 Å². The summed E-state index contributed by atoms with van der Waals surface area (Å²) in [4.78, 5) is 17.8. The molecule has 2 N–H and O–H groups in total. The van der Waals surface area contributed by atoms with E-state index in [1.807, 2.05) is 23.1 Å². The van der Waals surface area contributed by atoms with Gasteiger partial charge in [0.2, 0.25) is 0 Å². The fourth-order valence-electron chi connectivity index (χ4n) is 6.24. The molecule has 3 fully saturated rings. The number of aliphatic hydroxyl groups is 1. The number of carbonyl (C=O) groups excluding carboxylic acids is 1. The van der Waals surface area contributed by atoms with Gasteiger partial charge in [-0.3, -0.25) is 0 Å². The highest BCUT2D eigenvalue weighted by Gasteiger charge is 2.58. The fourth-order valence-corrected chi connectivity index (χ4v) is 6.54. The van der Waals surface area contributed by atoms with Crippen molar-refractivity contribution in [2.75, 3.05) is 31.5 Å². The smallest absolute Gasteiger partial charge is 0.322 e. The number of fused-ring (bicyclic) bond motifs is 1. The Kier molecular flexibility index (Phi) is 7.46. The van der Waals surface area contributed by atoms with Gasteiger partial charge in [0, 0.05) is 31.4 Å². The van der Waals surface area contributed by atoms with E-state index in [1.54, 1.807) is 18.2 Å². The van der Waals surface area contributed by atoms with E-state index in [-0.39, 0.29) is 23.6 Å². The zero-order valence-corrected chi connectivity index (χ0v) is 21.8. The first kappa shape index (κ1) is 25.4. The number of carbonyl (C=O) groups is 1. The molecule has 4 atom stereocenters. The number of nitrogens with zero attached hydrogens (tertiary/aromatic N) is 3. The number of benzene rings is 2. The number of anilines is 1. The van der Waals surface area contributed by atoms with Crippen LogP contribution < -0.4 is 5.32 Å². The molecule has 3 aliphatic rings. The minimum atomic E-state index is -0.236. The van der Waals surface area contributed by atoms with Crippen molar-refractivity contribution in [3.63, 3.8) is 0 Å². The van der Waals surface area contributed by atoms with E-state index in [1.165, 1.54) is 5.56 Å². The van der Waals surface area contributed by atoms with Crippen LogP contribution in [0.25, 0.3) is 0 Å². The summed E-state index contributed by atoms with van der Waals surface area (Å²) in [5, 5.41) is 23.1. The second kappa shape index (κ2) is 10.6. The van der Waals surface area contributed by atoms with Crippen LogP contribution in [0.3, 0.4) is 0 Å². The molecular formula is C28H32Cl2N4O2. The topological polar surface area (TPSA) is 79.6 Å². The number of nitriles is 1. The molecule has 6 nitrogen and oxygen atoms in total. The van der Waals surface area contributed by atoms with Gasteiger partial charge in [0.25, 0.3) is 0 Å². The lowest BCUT2D eigenvalue weighted by Gasteiger charge is -2.37. The molecule has 0 spiro atoms. The third-order valence-electron chi connectivity index (χ3n) is 8.27. The van der Waals surface area contributed by atoms with Crippen molar-refractivity contribution in [3.8, 4) is 6.07 Å². The highest BCUT2D eigenvalue weighted by atomic mass is 35.5. The highest BCUT2D eigenvalue weighted by Crippen LogP contribution is 2.62. The lowest BCUT2D eigenvalue weighted by Crippen LogP contribution is -2.46. The van der Waals surface area contributed by atoms with E-state index in [0.717, 1.165) is 51.6 Å². The van der Waals surface area contributed by atoms with Crippen molar-refractivity contribution in [1.82, 2.24) is 9.80 Å². The summed E-state index contributed by atoms with van der Waals surface area (Å²) in [7, 11) is 0. The normalized spacial score (nSPS) is 27.2. The summed E-state index contributed by atoms with van der Waals surface area (Å²) in [6.45, 7) is 3.15. The molecular weight excluding hydrogens is 495 g/mol. The Balaban J connectivity index is 1.27. The Labute approximate surface area is 222 Å². The Morgan fingerprint density at radius 2 is 2.08 bits per heavy atom. The van der Waals surface area contributed by atoms with Crippen molar-refractivity contribution < 1.29 is 9.90 Å². The van der Waals surface area contributed by atoms with Crippen molar-refractivity contribution in [2.24, 2.45) is 5.92 Å². The number of urea groups is 1. The van der Waals surface area contributed by atoms with Gasteiger partial charge in [0.05, 0.1) is 27.8 Å². The average molecular weight is 527 g/mol. The molecule has 5 rings (SSSR count). The van der Waals surface area contributed by atoms with Crippen LogP contribution in [-0.4, -0.2) is 59.3 Å². The SMILES string of the molecule is N#Cc1cccc([C@]23CC[C@@H](N(CCCN4CC[C@@H](O)C4)C(=O)Nc4ccc(Cl)c(Cl)c4)CC2C3)c1. The van der Waals surface area contributed by atoms with Crippen molar-refractivity contribution in [1.29, 1.82) is 5.26 Å². The van der Waals surface area contributed by atoms with Crippen LogP contribution in [0.4, 0.5) is 10.5 Å². The molecule has 8 heteroatoms. The Hall–Kier alpha value is -2.30. The molecule has 1 heterocycles. The molecule has 0 aromatic heterocycles. The minimum absolute atomic E-state index is 0.112. The quantitative estimate of drug-likeness (QED) is 0.487. The number of rotatable bonds is 7. The van der Waals surface area contributed by atoms with Gasteiger partial charge in [0.1, 0.15) is 0 Å². The number of likely N-dealkylation sites (tertiary alicyclic amines) is 1. The molecule has 1 aliphatic heterocycles. The van der Waals surface area contributed by atoms with Gasteiger partial charge in [-0.05, 0) is 92.3 Å². The number of hydrogen-bond acceptors (Lipinski definition) is 4. The molecule has 2 aromatic rings. The predicted molar refractivity (Wildman–Crippen MR) is 142 cm³/mol. The van der Waals surface area contributed by atoms with Gasteiger partial charge in [0.15, 0.2) is 0 Å². The summed E-state index contributed by atoms with van der Waals surface area (Å²) in [6.07, 6.45) is 5.48. The number of β-amino-alcohol motifs (C(OH)–C–C–N with tert-alkyl or cyclic N) is 1. The molecule has 2 aromatic carbocycles. The molecule has 0 bridgehead atoms. The number of halogens is 2. The second-order valence-electron chi connectivity index (χ2n) is 10.5. The Bertz CT molecular complexity index is 1170. The lowest BCUT2D eigenvalue weighted by atomic mass is 9.80. The van der Waals surface area contributed by atoms with Gasteiger partial charge >= 0.3 is 6.03 Å². The number of amides is 2. The van der Waals surface area contributed by atoms with E-state index in [0.29, 0.717) is 40.3 Å². The van der Waals surface area contributed by atoms with Crippen LogP contribution in [0.5, 0.6) is 0 Å². The third-order valence-corrected chi connectivity index (χ3v) is 9.01. The summed E-state index contributed by atoms with van der Waals surface area (Å²) >= 11 is 12.2. The zero-order valence-electron chi connectivity index (χ0n) is 20.3. The van der Waals surface area contributed by atoms with Gasteiger partial charge in [-0.15, -0.1) is 0 Å². The van der Waals surface area contributed by atoms with E-state index in [9.17, 15) is 15.2 Å². The highest BCUT2D eigenvalue weighted by molar-refractivity contribution is 6.42. The summed E-state index contributed by atoms with van der Waals surface area (Å²) in [5.74, 6) is 0.527. The maximum atomic E-state index is 13.5. The minimum Gasteiger partial charge on any atom is -0.392 e. The first-order chi connectivity index (χ1) is 17.4. The van der Waals surface area contributed by atoms with E-state index in [4.69, 9.17) is 23.2 Å². The Morgan fingerprint density at radius 3 is 2.81 bits per heavy atom. The van der Waals surface area contributed by atoms with Crippen LogP contribution in [-0.2, 0) is 5.41 Å². The first-order valence-electron chi connectivity index (χ1n) is 12.8. The third kappa shape index (κ3) is 5.35. The summed E-state index contributed by atoms with van der Waals surface area (Å²) < 4.78 is 0. The molecule has 1 saturated heterocycles. The average Bonchev–Trinajstić information content (AvgIpc) is 3.48. The van der Waals surface area contributed by atoms with Crippen molar-refractivity contribution in [2.45, 2.75) is 56.1 Å². The van der Waals surface area contributed by atoms with Crippen LogP contribution in [0, 0.1) is 17.2 Å². The molecule has 36 heavy (non-hydrogen) atoms. The zero-order chi connectivity index (χ0) is 25.3. The van der Waals surface area contributed by atoms with Crippen LogP contribution in [0.2, 0.25) is 10.0 Å². The number of hydrogen-bond donors (Lipinski definition) is 2. The van der Waals surface area contributed by atoms with Crippen molar-refractivity contribution in [3.05, 3.63) is 63.6 Å². The Morgan fingerprint density at radius 1 is 1.22 bits per heavy atom. The molecule has 190 valence electrons. The van der Waals surface area contributed by atoms with Gasteiger partial charge in [-0.25, -0.2) is 4.79 Å². The molecule has 2 amide bonds. The van der Waals surface area contributed by atoms with E-state index in [2.05, 4.69) is 22.4 Å². The van der Waals surface area contributed by atoms with Gasteiger partial charge < -0.3 is 20.2 Å². The number of aliphatic hydroxyl groups excluding tert-OH is 1. The number of nitrogens with one attached hydrogen (secondary N) is 1. The van der Waals surface area contributed by atoms with Crippen LogP contribution >= 0.6 is 23.2 Å². The lowest BCUT2D eigenvalue weighted by molar-refractivity contribution is 0.151. The van der Waals surface area contributed by atoms with Crippen LogP contribution in [0.15, 0.2) is 42.5 Å². The van der Waals surface area contributed by atoms with Gasteiger partial charge in [-0.2, -0.15) is 5.26 Å². The summed E-state index contributed by atoms with van der Waals surface area (Å²) in [5.41, 5.74) is 2.77. The van der Waals surface area contributed by atoms with Crippen molar-refractivity contribution >= 4 is 34.9 Å². The first-order valence-corrected chi connectivity index (χ1v) is 13.6. The standard InChI is InChI=1S/C28H32Cl2N4O2/c29-25-6-5-22(15-26(25)30)32-27(36)34(11-2-10-33-12-8-24(35)18-33)23-7-9-28(16-21(28)14-23)20-4-1-3-19(13-20)17-31/h1,3-6,13,15,21,23-24,35H,2,7-12,14,16,18H2,(H,32,36)/t21?,23-,24-,28-/m1/s1. The largest absolute Gasteiger partial charge is 0.392 e. The second-order valence-corrected chi connectivity index (χ2v) is 11.3. The van der Waals surface area contributed by atoms with E-state index < -0.39 is 0 Å². The maximum absolute atomic E-state index is 13.5. The van der Waals surface area contributed by atoms with Gasteiger partial charge in [-0.1, -0.05) is 35.3 Å². The maximum Gasteiger partial charge on any atom is 0.322 e. The molecule has 0 radical (unpaired) electrons. The molecule has 2 saturated carbocycles.